The van der Waals surface area contributed by atoms with E-state index >= 15 is 0 Å². The molecule has 0 bridgehead atoms. The van der Waals surface area contributed by atoms with Crippen molar-refractivity contribution in [3.05, 3.63) is 94.5 Å². The average molecular weight is 466 g/mol. The van der Waals surface area contributed by atoms with Gasteiger partial charge in [-0.15, -0.1) is 0 Å². The van der Waals surface area contributed by atoms with Crippen LogP contribution in [0.2, 0.25) is 5.02 Å². The monoisotopic (exact) mass is 465 g/mol. The molecule has 0 aliphatic heterocycles. The summed E-state index contributed by atoms with van der Waals surface area (Å²) in [4.78, 5) is 14.3. The molecule has 1 atom stereocenters. The van der Waals surface area contributed by atoms with Crippen molar-refractivity contribution in [2.75, 3.05) is 13.7 Å². The van der Waals surface area contributed by atoms with Gasteiger partial charge in [0.05, 0.1) is 13.2 Å². The molecule has 0 heterocycles. The minimum atomic E-state index is 0.0457. The fourth-order valence-electron chi connectivity index (χ4n) is 3.95. The smallest absolute Gasteiger partial charge is 0.219 e. The van der Waals surface area contributed by atoms with E-state index in [0.29, 0.717) is 18.1 Å². The summed E-state index contributed by atoms with van der Waals surface area (Å²) >= 11 is 6.02. The van der Waals surface area contributed by atoms with Crippen LogP contribution in [0.3, 0.4) is 0 Å². The first-order valence-electron chi connectivity index (χ1n) is 11.3. The predicted octanol–water partition coefficient (Wildman–Crippen LogP) is 6.71. The molecule has 0 fully saturated rings. The van der Waals surface area contributed by atoms with Crippen LogP contribution in [0.5, 0.6) is 11.5 Å². The summed E-state index contributed by atoms with van der Waals surface area (Å²) in [7, 11) is 1.69. The second-order valence-electron chi connectivity index (χ2n) is 8.39. The van der Waals surface area contributed by atoms with Crippen LogP contribution in [0.25, 0.3) is 0 Å². The number of carbonyl (C=O) groups is 1. The Labute approximate surface area is 202 Å². The van der Waals surface area contributed by atoms with Gasteiger partial charge in [0.1, 0.15) is 11.5 Å². The lowest BCUT2D eigenvalue weighted by molar-refractivity contribution is -0.129. The fourth-order valence-corrected chi connectivity index (χ4v) is 4.08. The summed E-state index contributed by atoms with van der Waals surface area (Å²) in [6, 6.07) is 23.9. The van der Waals surface area contributed by atoms with Gasteiger partial charge < -0.3 is 14.4 Å². The van der Waals surface area contributed by atoms with E-state index in [1.165, 1.54) is 0 Å². The van der Waals surface area contributed by atoms with E-state index in [4.69, 9.17) is 21.1 Å². The Morgan fingerprint density at radius 3 is 2.24 bits per heavy atom. The van der Waals surface area contributed by atoms with Gasteiger partial charge in [0, 0.05) is 36.5 Å². The molecule has 0 spiro atoms. The van der Waals surface area contributed by atoms with Gasteiger partial charge >= 0.3 is 0 Å². The Balaban J connectivity index is 1.85. The van der Waals surface area contributed by atoms with Crippen LogP contribution in [-0.2, 0) is 11.3 Å². The Morgan fingerprint density at radius 1 is 0.970 bits per heavy atom. The molecule has 174 valence electrons. The summed E-state index contributed by atoms with van der Waals surface area (Å²) in [6.07, 6.45) is 0.885. The quantitative estimate of drug-likeness (QED) is 0.334. The fraction of sp³-hybridized carbons (Fsp3) is 0.321. The molecular weight excluding hydrogens is 434 g/mol. The maximum Gasteiger partial charge on any atom is 0.219 e. The Hall–Kier alpha value is -2.98. The number of halogens is 1. The molecule has 0 saturated carbocycles. The Kier molecular flexibility index (Phi) is 8.79. The summed E-state index contributed by atoms with van der Waals surface area (Å²) in [6.45, 7) is 6.81. The van der Waals surface area contributed by atoms with Crippen LogP contribution in [-0.4, -0.2) is 30.6 Å². The first kappa shape index (κ1) is 24.7. The summed E-state index contributed by atoms with van der Waals surface area (Å²) in [5.74, 6) is 1.81. The standard InChI is InChI=1S/C28H32ClNO3/c1-20(2)33-25-15-11-23(12-16-25)26(27-7-5-6-8-28(27)32-4)17-18-30(21(3)31)19-22-9-13-24(29)14-10-22/h5-16,20,26H,17-19H2,1-4H3. The van der Waals surface area contributed by atoms with Crippen molar-refractivity contribution < 1.29 is 14.3 Å². The maximum absolute atomic E-state index is 12.4. The minimum Gasteiger partial charge on any atom is -0.496 e. The molecule has 0 aromatic heterocycles. The van der Waals surface area contributed by atoms with Crippen molar-refractivity contribution in [1.82, 2.24) is 4.90 Å². The van der Waals surface area contributed by atoms with Crippen molar-refractivity contribution in [2.45, 2.75) is 45.8 Å². The summed E-state index contributed by atoms with van der Waals surface area (Å²) in [5.41, 5.74) is 3.32. The van der Waals surface area contributed by atoms with Crippen molar-refractivity contribution in [3.8, 4) is 11.5 Å². The number of methoxy groups -OCH3 is 1. The van der Waals surface area contributed by atoms with Gasteiger partial charge in [-0.2, -0.15) is 0 Å². The predicted molar refractivity (Wildman–Crippen MR) is 134 cm³/mol. The second-order valence-corrected chi connectivity index (χ2v) is 8.82. The SMILES string of the molecule is COc1ccccc1C(CCN(Cc1ccc(Cl)cc1)C(C)=O)c1ccc(OC(C)C)cc1. The highest BCUT2D eigenvalue weighted by molar-refractivity contribution is 6.30. The van der Waals surface area contributed by atoms with Crippen LogP contribution in [0.1, 0.15) is 49.8 Å². The normalized spacial score (nSPS) is 11.8. The van der Waals surface area contributed by atoms with E-state index in [1.807, 2.05) is 73.3 Å². The van der Waals surface area contributed by atoms with Crippen molar-refractivity contribution in [1.29, 1.82) is 0 Å². The number of benzene rings is 3. The number of rotatable bonds is 10. The van der Waals surface area contributed by atoms with Crippen molar-refractivity contribution >= 4 is 17.5 Å². The number of ether oxygens (including phenoxy) is 2. The number of nitrogens with zero attached hydrogens (tertiary/aromatic N) is 1. The molecule has 3 aromatic carbocycles. The third-order valence-electron chi connectivity index (χ3n) is 5.59. The Bertz CT molecular complexity index is 1030. The lowest BCUT2D eigenvalue weighted by Gasteiger charge is -2.26. The van der Waals surface area contributed by atoms with Gasteiger partial charge in [0.15, 0.2) is 0 Å². The number of amides is 1. The molecular formula is C28H32ClNO3. The van der Waals surface area contributed by atoms with Crippen molar-refractivity contribution in [2.24, 2.45) is 0 Å². The zero-order valence-electron chi connectivity index (χ0n) is 19.8. The lowest BCUT2D eigenvalue weighted by atomic mass is 9.87. The molecule has 1 unspecified atom stereocenters. The first-order valence-corrected chi connectivity index (χ1v) is 11.6. The van der Waals surface area contributed by atoms with Crippen LogP contribution in [0.4, 0.5) is 0 Å². The largest absolute Gasteiger partial charge is 0.496 e. The van der Waals surface area contributed by atoms with Gasteiger partial charge in [0.2, 0.25) is 5.91 Å². The average Bonchev–Trinajstić information content (AvgIpc) is 2.80. The topological polar surface area (TPSA) is 38.8 Å². The molecule has 1 amide bonds. The molecule has 3 aromatic rings. The molecule has 0 N–H and O–H groups in total. The van der Waals surface area contributed by atoms with Crippen LogP contribution in [0.15, 0.2) is 72.8 Å². The van der Waals surface area contributed by atoms with Gasteiger partial charge in [-0.05, 0) is 61.7 Å². The molecule has 5 heteroatoms. The third-order valence-corrected chi connectivity index (χ3v) is 5.84. The van der Waals surface area contributed by atoms with E-state index in [0.717, 1.165) is 34.6 Å². The highest BCUT2D eigenvalue weighted by Gasteiger charge is 2.21. The van der Waals surface area contributed by atoms with Crippen molar-refractivity contribution in [3.63, 3.8) is 0 Å². The highest BCUT2D eigenvalue weighted by Crippen LogP contribution is 2.35. The van der Waals surface area contributed by atoms with Gasteiger partial charge in [-0.1, -0.05) is 54.1 Å². The Morgan fingerprint density at radius 2 is 1.64 bits per heavy atom. The third kappa shape index (κ3) is 7.00. The zero-order chi connectivity index (χ0) is 23.8. The molecule has 0 saturated heterocycles. The molecule has 33 heavy (non-hydrogen) atoms. The van der Waals surface area contributed by atoms with Gasteiger partial charge in [0.25, 0.3) is 0 Å². The lowest BCUT2D eigenvalue weighted by Crippen LogP contribution is -2.30. The van der Waals surface area contributed by atoms with E-state index in [1.54, 1.807) is 14.0 Å². The molecule has 0 radical (unpaired) electrons. The second kappa shape index (κ2) is 11.8. The molecule has 0 aliphatic rings. The highest BCUT2D eigenvalue weighted by atomic mass is 35.5. The number of carbonyl (C=O) groups excluding carboxylic acids is 1. The van der Waals surface area contributed by atoms with Gasteiger partial charge in [-0.3, -0.25) is 4.79 Å². The number of para-hydroxylation sites is 1. The van der Waals surface area contributed by atoms with Gasteiger partial charge in [-0.25, -0.2) is 0 Å². The summed E-state index contributed by atoms with van der Waals surface area (Å²) < 4.78 is 11.5. The molecule has 4 nitrogen and oxygen atoms in total. The van der Waals surface area contributed by atoms with E-state index in [2.05, 4.69) is 18.2 Å². The van der Waals surface area contributed by atoms with E-state index < -0.39 is 0 Å². The zero-order valence-corrected chi connectivity index (χ0v) is 20.5. The minimum absolute atomic E-state index is 0.0457. The molecule has 0 aliphatic carbocycles. The van der Waals surface area contributed by atoms with Crippen LogP contribution < -0.4 is 9.47 Å². The number of hydrogen-bond donors (Lipinski definition) is 0. The first-order chi connectivity index (χ1) is 15.9. The van der Waals surface area contributed by atoms with Crippen LogP contribution >= 0.6 is 11.6 Å². The maximum atomic E-state index is 12.4. The van der Waals surface area contributed by atoms with E-state index in [9.17, 15) is 4.79 Å². The summed E-state index contributed by atoms with van der Waals surface area (Å²) in [5, 5.41) is 0.689. The van der Waals surface area contributed by atoms with Crippen LogP contribution in [0, 0.1) is 0 Å². The van der Waals surface area contributed by atoms with E-state index in [-0.39, 0.29) is 17.9 Å². The number of hydrogen-bond acceptors (Lipinski definition) is 3. The molecule has 3 rings (SSSR count).